The van der Waals surface area contributed by atoms with Crippen molar-refractivity contribution in [3.63, 3.8) is 0 Å². The minimum absolute atomic E-state index is 0.0897. The van der Waals surface area contributed by atoms with Gasteiger partial charge in [-0.15, -0.1) is 0 Å². The molecule has 0 aliphatic carbocycles. The lowest BCUT2D eigenvalue weighted by Crippen LogP contribution is -2.43. The molecule has 108 valence electrons. The molecule has 2 rings (SSSR count). The molecule has 5 nitrogen and oxygen atoms in total. The zero-order chi connectivity index (χ0) is 14.7. The summed E-state index contributed by atoms with van der Waals surface area (Å²) < 4.78 is 4.99. The van der Waals surface area contributed by atoms with Crippen LogP contribution in [0.15, 0.2) is 18.2 Å². The smallest absolute Gasteiger partial charge is 0.257 e. The maximum atomic E-state index is 12.4. The van der Waals surface area contributed by atoms with Crippen LogP contribution in [0, 0.1) is 5.92 Å². The molecule has 0 radical (unpaired) electrons. The Labute approximate surface area is 118 Å². The summed E-state index contributed by atoms with van der Waals surface area (Å²) in [6.07, 6.45) is 1.12. The number of hydrogen-bond donors (Lipinski definition) is 1. The Hall–Kier alpha value is -2.04. The Morgan fingerprint density at radius 2 is 2.25 bits per heavy atom. The van der Waals surface area contributed by atoms with Crippen molar-refractivity contribution in [1.29, 1.82) is 0 Å². The molecule has 1 heterocycles. The van der Waals surface area contributed by atoms with Crippen molar-refractivity contribution in [3.8, 4) is 11.5 Å². The van der Waals surface area contributed by atoms with Gasteiger partial charge in [-0.25, -0.2) is 0 Å². The number of piperidine rings is 1. The molecular weight excluding hydrogens is 258 g/mol. The van der Waals surface area contributed by atoms with Gasteiger partial charge in [0.15, 0.2) is 0 Å². The predicted octanol–water partition coefficient (Wildman–Crippen LogP) is 1.84. The van der Waals surface area contributed by atoms with Gasteiger partial charge in [0, 0.05) is 31.5 Å². The van der Waals surface area contributed by atoms with Crippen molar-refractivity contribution in [2.24, 2.45) is 5.92 Å². The maximum absolute atomic E-state index is 12.4. The lowest BCUT2D eigenvalue weighted by Gasteiger charge is -2.31. The number of ether oxygens (including phenoxy) is 1. The molecule has 1 aliphatic rings. The van der Waals surface area contributed by atoms with E-state index < -0.39 is 0 Å². The first-order valence-corrected chi connectivity index (χ1v) is 6.75. The van der Waals surface area contributed by atoms with Gasteiger partial charge in [0.25, 0.3) is 5.91 Å². The highest BCUT2D eigenvalue weighted by atomic mass is 16.5. The second-order valence-electron chi connectivity index (χ2n) is 4.96. The van der Waals surface area contributed by atoms with Crippen LogP contribution in [0.25, 0.3) is 0 Å². The number of carbonyl (C=O) groups excluding carboxylic acids is 2. The average Bonchev–Trinajstić information content (AvgIpc) is 2.47. The van der Waals surface area contributed by atoms with Crippen LogP contribution in [0.3, 0.4) is 0 Å². The lowest BCUT2D eigenvalue weighted by molar-refractivity contribution is -0.125. The molecule has 1 unspecified atom stereocenters. The van der Waals surface area contributed by atoms with E-state index in [1.807, 2.05) is 6.92 Å². The van der Waals surface area contributed by atoms with Gasteiger partial charge in [-0.1, -0.05) is 6.92 Å². The van der Waals surface area contributed by atoms with E-state index in [4.69, 9.17) is 4.74 Å². The van der Waals surface area contributed by atoms with Crippen molar-refractivity contribution >= 4 is 11.7 Å². The number of rotatable bonds is 3. The first-order valence-electron chi connectivity index (χ1n) is 6.75. The Balaban J connectivity index is 2.17. The molecule has 1 fully saturated rings. The second kappa shape index (κ2) is 5.94. The van der Waals surface area contributed by atoms with Gasteiger partial charge < -0.3 is 14.7 Å². The minimum Gasteiger partial charge on any atom is -0.507 e. The molecule has 0 spiro atoms. The number of methoxy groups -OCH3 is 1. The Kier molecular flexibility index (Phi) is 4.27. The van der Waals surface area contributed by atoms with E-state index in [1.54, 1.807) is 17.0 Å². The number of nitrogens with zero attached hydrogens (tertiary/aromatic N) is 1. The first kappa shape index (κ1) is 14.4. The molecule has 0 bridgehead atoms. The number of aromatic hydroxyl groups is 1. The molecule has 1 N–H and O–H groups in total. The molecule has 0 saturated carbocycles. The molecule has 1 aromatic rings. The molecule has 1 atom stereocenters. The highest BCUT2D eigenvalue weighted by molar-refractivity contribution is 5.98. The summed E-state index contributed by atoms with van der Waals surface area (Å²) in [4.78, 5) is 25.7. The van der Waals surface area contributed by atoms with Crippen LogP contribution in [-0.4, -0.2) is 41.9 Å². The number of phenolic OH excluding ortho intramolecular Hbond substituents is 1. The molecule has 1 amide bonds. The third-order valence-corrected chi connectivity index (χ3v) is 3.74. The van der Waals surface area contributed by atoms with Gasteiger partial charge in [0.2, 0.25) is 0 Å². The summed E-state index contributed by atoms with van der Waals surface area (Å²) in [6.45, 7) is 2.79. The van der Waals surface area contributed by atoms with E-state index in [9.17, 15) is 14.7 Å². The number of benzene rings is 1. The molecule has 5 heteroatoms. The van der Waals surface area contributed by atoms with Crippen molar-refractivity contribution in [2.45, 2.75) is 19.8 Å². The molecule has 1 saturated heterocycles. The Morgan fingerprint density at radius 1 is 1.50 bits per heavy atom. The fourth-order valence-electron chi connectivity index (χ4n) is 2.44. The van der Waals surface area contributed by atoms with E-state index in [0.717, 1.165) is 6.42 Å². The number of likely N-dealkylation sites (tertiary alicyclic amines) is 1. The fourth-order valence-corrected chi connectivity index (χ4v) is 2.44. The van der Waals surface area contributed by atoms with Crippen molar-refractivity contribution < 1.29 is 19.4 Å². The molecule has 1 aliphatic heterocycles. The standard InChI is InChI=1S/C15H19NO4/c1-3-10-9-16(7-6-13(10)17)15(19)12-5-4-11(20-2)8-14(12)18/h4-5,8,10,18H,3,6-7,9H2,1-2H3. The fraction of sp³-hybridized carbons (Fsp3) is 0.467. The van der Waals surface area contributed by atoms with Gasteiger partial charge in [0.1, 0.15) is 17.3 Å². The van der Waals surface area contributed by atoms with Crippen molar-refractivity contribution in [3.05, 3.63) is 23.8 Å². The summed E-state index contributed by atoms with van der Waals surface area (Å²) in [5.41, 5.74) is 0.245. The summed E-state index contributed by atoms with van der Waals surface area (Å²) in [6, 6.07) is 4.60. The highest BCUT2D eigenvalue weighted by Gasteiger charge is 2.29. The normalized spacial score (nSPS) is 19.0. The molecular formula is C15H19NO4. The third kappa shape index (κ3) is 2.76. The number of ketones is 1. The Bertz CT molecular complexity index is 527. The van der Waals surface area contributed by atoms with E-state index in [2.05, 4.69) is 0 Å². The lowest BCUT2D eigenvalue weighted by atomic mass is 9.93. The minimum atomic E-state index is -0.240. The van der Waals surface area contributed by atoms with E-state index in [1.165, 1.54) is 13.2 Å². The van der Waals surface area contributed by atoms with Gasteiger partial charge in [-0.05, 0) is 18.6 Å². The number of phenols is 1. The summed E-state index contributed by atoms with van der Waals surface area (Å²) in [5, 5.41) is 9.90. The predicted molar refractivity (Wildman–Crippen MR) is 74.0 cm³/mol. The van der Waals surface area contributed by atoms with Crippen LogP contribution in [0.5, 0.6) is 11.5 Å². The number of Topliss-reactive ketones (excluding diaryl/α,β-unsaturated/α-hetero) is 1. The van der Waals surface area contributed by atoms with Gasteiger partial charge in [-0.3, -0.25) is 9.59 Å². The zero-order valence-corrected chi connectivity index (χ0v) is 11.8. The van der Waals surface area contributed by atoms with Crippen molar-refractivity contribution in [1.82, 2.24) is 4.90 Å². The van der Waals surface area contributed by atoms with Crippen LogP contribution in [0.4, 0.5) is 0 Å². The first-order chi connectivity index (χ1) is 9.56. The zero-order valence-electron chi connectivity index (χ0n) is 11.8. The summed E-state index contributed by atoms with van der Waals surface area (Å²) >= 11 is 0. The van der Waals surface area contributed by atoms with E-state index in [0.29, 0.717) is 25.3 Å². The van der Waals surface area contributed by atoms with Crippen LogP contribution in [0.2, 0.25) is 0 Å². The summed E-state index contributed by atoms with van der Waals surface area (Å²) in [5.74, 6) is 0.290. The largest absolute Gasteiger partial charge is 0.507 e. The molecule has 1 aromatic carbocycles. The monoisotopic (exact) mass is 277 g/mol. The van der Waals surface area contributed by atoms with Gasteiger partial charge in [-0.2, -0.15) is 0 Å². The number of amides is 1. The van der Waals surface area contributed by atoms with Crippen LogP contribution >= 0.6 is 0 Å². The average molecular weight is 277 g/mol. The SMILES string of the molecule is CCC1CN(C(=O)c2ccc(OC)cc2O)CCC1=O. The topological polar surface area (TPSA) is 66.8 Å². The van der Waals surface area contributed by atoms with Gasteiger partial charge in [0.05, 0.1) is 12.7 Å². The van der Waals surface area contributed by atoms with Crippen LogP contribution in [-0.2, 0) is 4.79 Å². The summed E-state index contributed by atoms with van der Waals surface area (Å²) in [7, 11) is 1.50. The molecule has 0 aromatic heterocycles. The number of hydrogen-bond acceptors (Lipinski definition) is 4. The maximum Gasteiger partial charge on any atom is 0.257 e. The Morgan fingerprint density at radius 3 is 2.85 bits per heavy atom. The quantitative estimate of drug-likeness (QED) is 0.915. The second-order valence-corrected chi connectivity index (χ2v) is 4.96. The third-order valence-electron chi connectivity index (χ3n) is 3.74. The molecule has 20 heavy (non-hydrogen) atoms. The van der Waals surface area contributed by atoms with E-state index in [-0.39, 0.29) is 28.9 Å². The van der Waals surface area contributed by atoms with Gasteiger partial charge >= 0.3 is 0 Å². The van der Waals surface area contributed by atoms with Crippen LogP contribution in [0.1, 0.15) is 30.1 Å². The van der Waals surface area contributed by atoms with E-state index >= 15 is 0 Å². The number of carbonyl (C=O) groups is 2. The van der Waals surface area contributed by atoms with Crippen LogP contribution < -0.4 is 4.74 Å². The van der Waals surface area contributed by atoms with Crippen molar-refractivity contribution in [2.75, 3.05) is 20.2 Å². The highest BCUT2D eigenvalue weighted by Crippen LogP contribution is 2.26.